The van der Waals surface area contributed by atoms with Crippen molar-refractivity contribution in [3.63, 3.8) is 0 Å². The van der Waals surface area contributed by atoms with Crippen LogP contribution in [0.1, 0.15) is 25.7 Å². The van der Waals surface area contributed by atoms with Gasteiger partial charge in [0, 0.05) is 0 Å². The first-order valence-electron chi connectivity index (χ1n) is 6.37. The molecule has 0 aromatic heterocycles. The van der Waals surface area contributed by atoms with Crippen molar-refractivity contribution >= 4 is 19.4 Å². The summed E-state index contributed by atoms with van der Waals surface area (Å²) < 4.78 is 1.57. The summed E-state index contributed by atoms with van der Waals surface area (Å²) in [5.74, 6) is 0. The minimum absolute atomic E-state index is 0.684. The minimum atomic E-state index is 0.684. The van der Waals surface area contributed by atoms with Gasteiger partial charge in [0.2, 0.25) is 0 Å². The predicted octanol–water partition coefficient (Wildman–Crippen LogP) is 2.06. The van der Waals surface area contributed by atoms with Crippen LogP contribution in [0.15, 0.2) is 30.3 Å². The predicted molar refractivity (Wildman–Crippen MR) is 69.4 cm³/mol. The molecule has 86 valence electrons. The summed E-state index contributed by atoms with van der Waals surface area (Å²) in [5, 5.41) is 1.42. The van der Waals surface area contributed by atoms with Crippen LogP contribution in [-0.2, 0) is 0 Å². The van der Waals surface area contributed by atoms with Crippen LogP contribution in [0.4, 0.5) is 0 Å². The van der Waals surface area contributed by atoms with Crippen molar-refractivity contribution in [3.05, 3.63) is 30.3 Å². The average molecular weight is 280 g/mol. The van der Waals surface area contributed by atoms with Gasteiger partial charge in [-0.15, -0.1) is 0 Å². The maximum absolute atomic E-state index is 2.80. The van der Waals surface area contributed by atoms with E-state index in [0.29, 0.717) is 15.0 Å². The zero-order valence-electron chi connectivity index (χ0n) is 9.64. The third kappa shape index (κ3) is 2.20. The maximum atomic E-state index is 2.80. The summed E-state index contributed by atoms with van der Waals surface area (Å²) in [6.45, 7) is 1.38. The first-order valence-corrected chi connectivity index (χ1v) is 8.44. The van der Waals surface area contributed by atoms with Gasteiger partial charge in [-0.1, -0.05) is 0 Å². The molecule has 0 aliphatic carbocycles. The van der Waals surface area contributed by atoms with Crippen LogP contribution in [0.25, 0.3) is 0 Å². The van der Waals surface area contributed by atoms with Crippen molar-refractivity contribution < 1.29 is 0 Å². The van der Waals surface area contributed by atoms with Crippen LogP contribution in [0.5, 0.6) is 0 Å². The van der Waals surface area contributed by atoms with Gasteiger partial charge in [0.05, 0.1) is 0 Å². The molecule has 0 radical (unpaired) electrons. The number of benzene rings is 1. The van der Waals surface area contributed by atoms with E-state index in [-0.39, 0.29) is 0 Å². The monoisotopic (exact) mass is 281 g/mol. The summed E-state index contributed by atoms with van der Waals surface area (Å²) in [6.07, 6.45) is 5.84. The van der Waals surface area contributed by atoms with E-state index in [1.807, 2.05) is 0 Å². The second-order valence-electron chi connectivity index (χ2n) is 4.89. The van der Waals surface area contributed by atoms with Gasteiger partial charge in [0.15, 0.2) is 0 Å². The van der Waals surface area contributed by atoms with Crippen molar-refractivity contribution in [3.8, 4) is 0 Å². The number of hydrogen-bond donors (Lipinski definition) is 0. The van der Waals surface area contributed by atoms with Crippen molar-refractivity contribution in [2.75, 3.05) is 6.54 Å². The van der Waals surface area contributed by atoms with Crippen LogP contribution in [0.3, 0.4) is 0 Å². The van der Waals surface area contributed by atoms with E-state index >= 15 is 0 Å². The van der Waals surface area contributed by atoms with Crippen LogP contribution in [0, 0.1) is 0 Å². The van der Waals surface area contributed by atoms with E-state index in [2.05, 4.69) is 35.2 Å². The molecule has 1 nitrogen and oxygen atoms in total. The molecule has 1 aromatic carbocycles. The number of rotatable bonds is 3. The van der Waals surface area contributed by atoms with E-state index < -0.39 is 0 Å². The molecule has 0 amide bonds. The van der Waals surface area contributed by atoms with Gasteiger partial charge in [-0.3, -0.25) is 0 Å². The Balaban J connectivity index is 1.56. The van der Waals surface area contributed by atoms with Crippen molar-refractivity contribution in [2.24, 2.45) is 0 Å². The summed E-state index contributed by atoms with van der Waals surface area (Å²) >= 11 is 0.684. The van der Waals surface area contributed by atoms with Crippen molar-refractivity contribution in [1.29, 1.82) is 0 Å². The van der Waals surface area contributed by atoms with Crippen molar-refractivity contribution in [2.45, 2.75) is 43.1 Å². The van der Waals surface area contributed by atoms with Crippen LogP contribution < -0.4 is 4.46 Å². The Morgan fingerprint density at radius 3 is 2.88 bits per heavy atom. The third-order valence-corrected chi connectivity index (χ3v) is 6.34. The number of hydrogen-bond acceptors (Lipinski definition) is 1. The molecule has 2 saturated heterocycles. The van der Waals surface area contributed by atoms with Gasteiger partial charge < -0.3 is 0 Å². The second-order valence-corrected chi connectivity index (χ2v) is 7.18. The van der Waals surface area contributed by atoms with Crippen molar-refractivity contribution in [1.82, 2.24) is 4.90 Å². The molecule has 0 saturated carbocycles. The molecule has 2 aliphatic heterocycles. The fraction of sp³-hybridized carbons (Fsp3) is 0.571. The Labute approximate surface area is 104 Å². The fourth-order valence-electron chi connectivity index (χ4n) is 3.09. The standard InChI is InChI=1S/C14H19NSe/c1-2-6-14(7-3-1)16-11-13-9-8-12-5-4-10-15(12)13/h1-3,6-7,12-13H,4-5,8-11H2. The van der Waals surface area contributed by atoms with Crippen LogP contribution in [0.2, 0.25) is 5.32 Å². The number of fused-ring (bicyclic) bond motifs is 1. The van der Waals surface area contributed by atoms with E-state index in [9.17, 15) is 0 Å². The Hall–Kier alpha value is -0.301. The zero-order valence-corrected chi connectivity index (χ0v) is 11.4. The first-order chi connectivity index (χ1) is 7.93. The molecule has 0 N–H and O–H groups in total. The molecule has 2 unspecified atom stereocenters. The van der Waals surface area contributed by atoms with E-state index in [1.54, 1.807) is 4.46 Å². The molecule has 2 heterocycles. The molecule has 3 rings (SSSR count). The average Bonchev–Trinajstić information content (AvgIpc) is 2.90. The number of nitrogens with zero attached hydrogens (tertiary/aromatic N) is 1. The third-order valence-electron chi connectivity index (χ3n) is 3.91. The molecule has 2 fully saturated rings. The second kappa shape index (κ2) is 4.91. The topological polar surface area (TPSA) is 3.24 Å². The van der Waals surface area contributed by atoms with Gasteiger partial charge in [-0.2, -0.15) is 0 Å². The van der Waals surface area contributed by atoms with Gasteiger partial charge in [0.25, 0.3) is 0 Å². The first kappa shape index (κ1) is 10.8. The Kier molecular flexibility index (Phi) is 3.32. The molecule has 2 heteroatoms. The zero-order chi connectivity index (χ0) is 10.8. The molecule has 0 bridgehead atoms. The summed E-state index contributed by atoms with van der Waals surface area (Å²) in [6, 6.07) is 12.9. The molecule has 2 aliphatic rings. The van der Waals surface area contributed by atoms with Crippen LogP contribution in [-0.4, -0.2) is 38.5 Å². The molecule has 0 spiro atoms. The Bertz CT molecular complexity index is 338. The van der Waals surface area contributed by atoms with Gasteiger partial charge >= 0.3 is 104 Å². The molecule has 1 aromatic rings. The summed E-state index contributed by atoms with van der Waals surface area (Å²) in [5.41, 5.74) is 0. The van der Waals surface area contributed by atoms with Crippen LogP contribution >= 0.6 is 0 Å². The molecule has 2 atom stereocenters. The fourth-order valence-corrected chi connectivity index (χ4v) is 5.38. The van der Waals surface area contributed by atoms with E-state index in [0.717, 1.165) is 12.1 Å². The van der Waals surface area contributed by atoms with Gasteiger partial charge in [-0.25, -0.2) is 0 Å². The Morgan fingerprint density at radius 1 is 1.12 bits per heavy atom. The molecular formula is C14H19NSe. The normalized spacial score (nSPS) is 29.5. The quantitative estimate of drug-likeness (QED) is 0.766. The van der Waals surface area contributed by atoms with E-state index in [1.165, 1.54) is 37.5 Å². The van der Waals surface area contributed by atoms with E-state index in [4.69, 9.17) is 0 Å². The van der Waals surface area contributed by atoms with Gasteiger partial charge in [0.1, 0.15) is 0 Å². The summed E-state index contributed by atoms with van der Waals surface area (Å²) in [7, 11) is 0. The Morgan fingerprint density at radius 2 is 2.00 bits per heavy atom. The summed E-state index contributed by atoms with van der Waals surface area (Å²) in [4.78, 5) is 2.80. The SMILES string of the molecule is c1ccc([Se]CC2CCC3CCCN32)cc1. The molecular weight excluding hydrogens is 261 g/mol. The molecule has 16 heavy (non-hydrogen) atoms. The van der Waals surface area contributed by atoms with Gasteiger partial charge in [-0.05, 0) is 0 Å².